The Balaban J connectivity index is 1.43. The Morgan fingerprint density at radius 1 is 0.673 bits per heavy atom. The van der Waals surface area contributed by atoms with Gasteiger partial charge < -0.3 is 94.4 Å². The summed E-state index contributed by atoms with van der Waals surface area (Å²) < 4.78 is 40.2. The molecule has 0 bridgehead atoms. The summed E-state index contributed by atoms with van der Waals surface area (Å²) in [5.74, 6) is -2.71. The lowest BCUT2D eigenvalue weighted by molar-refractivity contribution is -0.364. The number of ether oxygens (including phenoxy) is 7. The summed E-state index contributed by atoms with van der Waals surface area (Å²) in [6.07, 6.45) is -22.6. The maximum atomic E-state index is 13.3. The van der Waals surface area contributed by atoms with Crippen molar-refractivity contribution < 1.29 is 99.2 Å². The van der Waals surface area contributed by atoms with Crippen molar-refractivity contribution in [1.82, 2.24) is 0 Å². The lowest BCUT2D eigenvalue weighted by atomic mass is 9.96. The van der Waals surface area contributed by atoms with E-state index in [2.05, 4.69) is 0 Å². The standard InChI is InChI=1S/C35H46O20/c1-14-24(42)26(44)29(47)35(51-14)55-32-30(48)34(49-9-8-16-3-6-18(38)20(40)11-16)53-22(13-50-33-28(46)27(45)25(43)21(12-36)52-33)31(32)54-23(41)7-4-15-2-5-17(37)19(39)10-15/h2-7,10-11,14,21-22,24-40,42-48H,8-9,12-13H2,1H3/b7-4+/t14-,21+,22+,24-,25+,26?,27-,28+,29+,30+,31+,32+,33+,34+,35-/m0/s1. The van der Waals surface area contributed by atoms with E-state index in [0.717, 1.165) is 12.1 Å². The fourth-order valence-corrected chi connectivity index (χ4v) is 6.14. The molecule has 1 unspecified atom stereocenters. The Hall–Kier alpha value is -3.71. The quantitative estimate of drug-likeness (QED) is 0.0541. The average molecular weight is 787 g/mol. The van der Waals surface area contributed by atoms with Crippen LogP contribution in [0.5, 0.6) is 23.0 Å². The molecular weight excluding hydrogens is 740 g/mol. The molecule has 3 fully saturated rings. The smallest absolute Gasteiger partial charge is 0.331 e. The summed E-state index contributed by atoms with van der Waals surface area (Å²) in [6, 6.07) is 7.75. The van der Waals surface area contributed by atoms with Crippen molar-refractivity contribution in [3.8, 4) is 23.0 Å². The number of hydrogen-bond donors (Lipinski definition) is 12. The van der Waals surface area contributed by atoms with Crippen LogP contribution in [-0.4, -0.2) is 179 Å². The molecule has 12 N–H and O–H groups in total. The van der Waals surface area contributed by atoms with Crippen molar-refractivity contribution in [3.63, 3.8) is 0 Å². The van der Waals surface area contributed by atoms with Gasteiger partial charge in [0.15, 0.2) is 48.0 Å². The van der Waals surface area contributed by atoms with Crippen LogP contribution in [0.25, 0.3) is 6.08 Å². The van der Waals surface area contributed by atoms with Gasteiger partial charge in [-0.15, -0.1) is 0 Å². The summed E-state index contributed by atoms with van der Waals surface area (Å²) in [4.78, 5) is 13.3. The van der Waals surface area contributed by atoms with Crippen molar-refractivity contribution >= 4 is 12.0 Å². The van der Waals surface area contributed by atoms with E-state index in [0.29, 0.717) is 5.56 Å². The van der Waals surface area contributed by atoms with Crippen molar-refractivity contribution in [2.45, 2.75) is 105 Å². The average Bonchev–Trinajstić information content (AvgIpc) is 3.16. The number of esters is 1. The molecule has 15 atom stereocenters. The Morgan fingerprint density at radius 3 is 1.96 bits per heavy atom. The molecule has 0 aliphatic carbocycles. The minimum Gasteiger partial charge on any atom is -0.504 e. The number of aliphatic hydroxyl groups is 8. The van der Waals surface area contributed by atoms with Crippen molar-refractivity contribution in [1.29, 1.82) is 0 Å². The maximum Gasteiger partial charge on any atom is 0.331 e. The van der Waals surface area contributed by atoms with Gasteiger partial charge in [-0.1, -0.05) is 12.1 Å². The van der Waals surface area contributed by atoms with E-state index < -0.39 is 123 Å². The van der Waals surface area contributed by atoms with Crippen LogP contribution in [0.3, 0.4) is 0 Å². The molecule has 0 saturated carbocycles. The zero-order valence-electron chi connectivity index (χ0n) is 29.2. The second kappa shape index (κ2) is 18.5. The van der Waals surface area contributed by atoms with Crippen molar-refractivity contribution in [2.75, 3.05) is 19.8 Å². The number of benzene rings is 2. The van der Waals surface area contributed by atoms with Crippen LogP contribution < -0.4 is 0 Å². The third kappa shape index (κ3) is 10.0. The molecule has 3 aliphatic heterocycles. The fourth-order valence-electron chi connectivity index (χ4n) is 6.14. The van der Waals surface area contributed by atoms with E-state index in [4.69, 9.17) is 33.2 Å². The number of phenols is 4. The minimum absolute atomic E-state index is 0.111. The topological polar surface area (TPSA) is 324 Å². The Morgan fingerprint density at radius 2 is 1.29 bits per heavy atom. The molecule has 2 aromatic carbocycles. The number of carbonyl (C=O) groups excluding carboxylic acids is 1. The van der Waals surface area contributed by atoms with Gasteiger partial charge in [-0.25, -0.2) is 4.79 Å². The molecular formula is C35H46O20. The third-order valence-corrected chi connectivity index (χ3v) is 9.36. The van der Waals surface area contributed by atoms with Gasteiger partial charge in [-0.05, 0) is 54.8 Å². The van der Waals surface area contributed by atoms with E-state index in [1.807, 2.05) is 0 Å². The number of aromatic hydroxyl groups is 4. The molecule has 5 rings (SSSR count). The van der Waals surface area contributed by atoms with E-state index >= 15 is 0 Å². The van der Waals surface area contributed by atoms with E-state index in [-0.39, 0.29) is 30.1 Å². The van der Waals surface area contributed by atoms with Gasteiger partial charge in [0.1, 0.15) is 61.0 Å². The zero-order chi connectivity index (χ0) is 40.1. The fraction of sp³-hybridized carbons (Fsp3) is 0.571. The monoisotopic (exact) mass is 786 g/mol. The lowest BCUT2D eigenvalue weighted by Crippen LogP contribution is -2.65. The molecule has 2 aromatic rings. The molecule has 3 heterocycles. The number of aliphatic hydroxyl groups excluding tert-OH is 8. The lowest BCUT2D eigenvalue weighted by Gasteiger charge is -2.47. The first-order chi connectivity index (χ1) is 26.1. The number of rotatable bonds is 13. The van der Waals surface area contributed by atoms with Gasteiger partial charge in [0.25, 0.3) is 0 Å². The second-order valence-electron chi connectivity index (χ2n) is 13.3. The van der Waals surface area contributed by atoms with Crippen LogP contribution >= 0.6 is 0 Å². The van der Waals surface area contributed by atoms with Gasteiger partial charge in [0, 0.05) is 6.08 Å². The van der Waals surface area contributed by atoms with E-state index in [1.54, 1.807) is 0 Å². The van der Waals surface area contributed by atoms with Crippen LogP contribution in [0, 0.1) is 0 Å². The summed E-state index contributed by atoms with van der Waals surface area (Å²) in [6.45, 7) is -0.254. The highest BCUT2D eigenvalue weighted by Crippen LogP contribution is 2.33. The Labute approximate surface area is 313 Å². The molecule has 20 heteroatoms. The first-order valence-electron chi connectivity index (χ1n) is 17.2. The molecule has 55 heavy (non-hydrogen) atoms. The zero-order valence-corrected chi connectivity index (χ0v) is 29.2. The normalized spacial score (nSPS) is 36.9. The van der Waals surface area contributed by atoms with Crippen LogP contribution in [0.15, 0.2) is 42.5 Å². The van der Waals surface area contributed by atoms with Crippen LogP contribution in [-0.2, 0) is 44.4 Å². The molecule has 3 aliphatic rings. The molecule has 0 amide bonds. The van der Waals surface area contributed by atoms with Gasteiger partial charge >= 0.3 is 5.97 Å². The van der Waals surface area contributed by atoms with E-state index in [1.165, 1.54) is 43.3 Å². The highest BCUT2D eigenvalue weighted by Gasteiger charge is 2.53. The van der Waals surface area contributed by atoms with Crippen LogP contribution in [0.2, 0.25) is 0 Å². The predicted octanol–water partition coefficient (Wildman–Crippen LogP) is -3.19. The summed E-state index contributed by atoms with van der Waals surface area (Å²) in [5, 5.41) is 123. The van der Waals surface area contributed by atoms with E-state index in [9.17, 15) is 66.1 Å². The molecule has 0 aromatic heterocycles. The van der Waals surface area contributed by atoms with Crippen LogP contribution in [0.4, 0.5) is 0 Å². The molecule has 0 radical (unpaired) electrons. The number of phenolic OH excluding ortho intramolecular Hbond substituents is 4. The first-order valence-corrected chi connectivity index (χ1v) is 17.2. The Kier molecular flexibility index (Phi) is 14.3. The first kappa shape index (κ1) is 42.4. The van der Waals surface area contributed by atoms with Crippen LogP contribution in [0.1, 0.15) is 18.1 Å². The highest BCUT2D eigenvalue weighted by atomic mass is 16.8. The molecule has 0 spiro atoms. The molecule has 306 valence electrons. The van der Waals surface area contributed by atoms with Gasteiger partial charge in [0.2, 0.25) is 0 Å². The summed E-state index contributed by atoms with van der Waals surface area (Å²) >= 11 is 0. The highest BCUT2D eigenvalue weighted by molar-refractivity contribution is 5.87. The second-order valence-corrected chi connectivity index (χ2v) is 13.3. The summed E-state index contributed by atoms with van der Waals surface area (Å²) in [7, 11) is 0. The van der Waals surface area contributed by atoms with Gasteiger partial charge in [-0.3, -0.25) is 0 Å². The molecule has 20 nitrogen and oxygen atoms in total. The summed E-state index contributed by atoms with van der Waals surface area (Å²) in [5.41, 5.74) is 0.773. The SMILES string of the molecule is C[C@@H]1O[C@@H](O[C@@H]2[C@@H](O)[C@H](OCCc3ccc(O)c(O)c3)O[C@H](CO[C@@H]3O[C@H](CO)[C@@H](O)[C@H](O)[C@H]3O)[C@H]2OC(=O)/C=C/c2ccc(O)c(O)c2)[C@H](O)C(O)[C@H]1O. The largest absolute Gasteiger partial charge is 0.504 e. The number of hydrogen-bond acceptors (Lipinski definition) is 20. The van der Waals surface area contributed by atoms with Gasteiger partial charge in [0.05, 0.1) is 25.9 Å². The minimum atomic E-state index is -1.88. The van der Waals surface area contributed by atoms with Gasteiger partial charge in [-0.2, -0.15) is 0 Å². The maximum absolute atomic E-state index is 13.3. The Bertz CT molecular complexity index is 1610. The molecule has 3 saturated heterocycles. The third-order valence-electron chi connectivity index (χ3n) is 9.36. The van der Waals surface area contributed by atoms with Crippen molar-refractivity contribution in [2.24, 2.45) is 0 Å². The number of carbonyl (C=O) groups is 1. The van der Waals surface area contributed by atoms with Crippen molar-refractivity contribution in [3.05, 3.63) is 53.6 Å². The predicted molar refractivity (Wildman–Crippen MR) is 180 cm³/mol.